The van der Waals surface area contributed by atoms with Gasteiger partial charge in [0.25, 0.3) is 0 Å². The SMILES string of the molecule is CCC#Cc1cc2c(C)nn(-c3ccc(F)cc3)c2cc1Oc1ncccc1I. The van der Waals surface area contributed by atoms with Crippen molar-refractivity contribution in [3.8, 4) is 29.2 Å². The lowest BCUT2D eigenvalue weighted by molar-refractivity contribution is 0.458. The first-order valence-corrected chi connectivity index (χ1v) is 10.2. The standard InChI is InChI=1S/C23H17FIN3O/c1-3-4-6-16-13-19-15(2)27-28(18-10-8-17(24)9-11-18)21(19)14-22(16)29-23-20(25)7-5-12-26-23/h5,7-14H,3H2,1-2H3. The minimum Gasteiger partial charge on any atom is -0.437 e. The molecule has 0 saturated carbocycles. The van der Waals surface area contributed by atoms with Crippen LogP contribution in [0.15, 0.2) is 54.7 Å². The maximum atomic E-state index is 13.4. The number of halogens is 2. The molecule has 0 unspecified atom stereocenters. The number of ether oxygens (including phenoxy) is 1. The molecule has 0 amide bonds. The second-order valence-electron chi connectivity index (χ2n) is 6.39. The zero-order valence-electron chi connectivity index (χ0n) is 15.9. The Kier molecular flexibility index (Phi) is 5.49. The van der Waals surface area contributed by atoms with Crippen LogP contribution in [0.2, 0.25) is 0 Å². The van der Waals surface area contributed by atoms with Crippen LogP contribution in [0.25, 0.3) is 16.6 Å². The fraction of sp³-hybridized carbons (Fsp3) is 0.130. The van der Waals surface area contributed by atoms with Gasteiger partial charge in [0.05, 0.1) is 26.0 Å². The van der Waals surface area contributed by atoms with Crippen LogP contribution in [0.4, 0.5) is 4.39 Å². The highest BCUT2D eigenvalue weighted by atomic mass is 127. The molecular weight excluding hydrogens is 480 g/mol. The largest absolute Gasteiger partial charge is 0.437 e. The van der Waals surface area contributed by atoms with Gasteiger partial charge < -0.3 is 4.74 Å². The van der Waals surface area contributed by atoms with Crippen LogP contribution in [0.5, 0.6) is 11.6 Å². The van der Waals surface area contributed by atoms with Gasteiger partial charge in [0.1, 0.15) is 11.6 Å². The van der Waals surface area contributed by atoms with E-state index in [2.05, 4.69) is 44.5 Å². The molecule has 4 nitrogen and oxygen atoms in total. The van der Waals surface area contributed by atoms with Gasteiger partial charge in [-0.2, -0.15) is 5.10 Å². The Hall–Kier alpha value is -2.92. The molecule has 144 valence electrons. The molecule has 0 aliphatic heterocycles. The number of fused-ring (bicyclic) bond motifs is 1. The van der Waals surface area contributed by atoms with Gasteiger partial charge in [0, 0.05) is 24.1 Å². The Morgan fingerprint density at radius 3 is 2.69 bits per heavy atom. The number of nitrogens with zero attached hydrogens (tertiary/aromatic N) is 3. The van der Waals surface area contributed by atoms with Crippen LogP contribution in [0, 0.1) is 28.2 Å². The molecule has 2 heterocycles. The third-order valence-corrected chi connectivity index (χ3v) is 5.19. The minimum atomic E-state index is -0.284. The summed E-state index contributed by atoms with van der Waals surface area (Å²) in [6.45, 7) is 3.95. The maximum absolute atomic E-state index is 13.4. The molecule has 0 aliphatic carbocycles. The highest BCUT2D eigenvalue weighted by Crippen LogP contribution is 2.33. The summed E-state index contributed by atoms with van der Waals surface area (Å²) in [5, 5.41) is 5.62. The molecule has 0 bridgehead atoms. The predicted octanol–water partition coefficient (Wildman–Crippen LogP) is 6.03. The molecule has 0 aliphatic rings. The molecule has 4 rings (SSSR count). The summed E-state index contributed by atoms with van der Waals surface area (Å²) >= 11 is 2.19. The Morgan fingerprint density at radius 1 is 1.17 bits per heavy atom. The van der Waals surface area contributed by atoms with E-state index in [1.807, 2.05) is 38.1 Å². The second kappa shape index (κ2) is 8.21. The van der Waals surface area contributed by atoms with Gasteiger partial charge >= 0.3 is 0 Å². The van der Waals surface area contributed by atoms with Crippen molar-refractivity contribution in [1.82, 2.24) is 14.8 Å². The van der Waals surface area contributed by atoms with E-state index in [1.165, 1.54) is 12.1 Å². The Labute approximate surface area is 181 Å². The number of benzene rings is 2. The molecule has 4 aromatic rings. The minimum absolute atomic E-state index is 0.284. The van der Waals surface area contributed by atoms with Crippen LogP contribution in [0.3, 0.4) is 0 Å². The Morgan fingerprint density at radius 2 is 1.97 bits per heavy atom. The van der Waals surface area contributed by atoms with Crippen molar-refractivity contribution in [3.05, 3.63) is 75.4 Å². The maximum Gasteiger partial charge on any atom is 0.232 e. The molecule has 2 aromatic heterocycles. The number of rotatable bonds is 3. The summed E-state index contributed by atoms with van der Waals surface area (Å²) in [6.07, 6.45) is 2.44. The van der Waals surface area contributed by atoms with Gasteiger partial charge in [-0.15, -0.1) is 0 Å². The van der Waals surface area contributed by atoms with E-state index < -0.39 is 0 Å². The van der Waals surface area contributed by atoms with Crippen LogP contribution < -0.4 is 4.74 Å². The lowest BCUT2D eigenvalue weighted by Gasteiger charge is -2.10. The van der Waals surface area contributed by atoms with E-state index in [1.54, 1.807) is 23.0 Å². The number of aromatic nitrogens is 3. The van der Waals surface area contributed by atoms with Crippen molar-refractivity contribution < 1.29 is 9.13 Å². The molecule has 6 heteroatoms. The van der Waals surface area contributed by atoms with Gasteiger partial charge in [0.15, 0.2) is 0 Å². The van der Waals surface area contributed by atoms with Gasteiger partial charge in [-0.25, -0.2) is 14.1 Å². The van der Waals surface area contributed by atoms with Gasteiger partial charge in [-0.05, 0) is 72.0 Å². The van der Waals surface area contributed by atoms with E-state index >= 15 is 0 Å². The van der Waals surface area contributed by atoms with E-state index in [4.69, 9.17) is 4.74 Å². The number of hydrogen-bond donors (Lipinski definition) is 0. The fourth-order valence-corrected chi connectivity index (χ4v) is 3.44. The normalized spacial score (nSPS) is 10.6. The highest BCUT2D eigenvalue weighted by molar-refractivity contribution is 14.1. The van der Waals surface area contributed by atoms with Gasteiger partial charge in [0.2, 0.25) is 5.88 Å². The monoisotopic (exact) mass is 497 g/mol. The van der Waals surface area contributed by atoms with E-state index in [9.17, 15) is 4.39 Å². The van der Waals surface area contributed by atoms with Crippen molar-refractivity contribution in [2.45, 2.75) is 20.3 Å². The average Bonchev–Trinajstić information content (AvgIpc) is 3.04. The molecule has 29 heavy (non-hydrogen) atoms. The molecule has 0 fully saturated rings. The molecular formula is C23H17FIN3O. The van der Waals surface area contributed by atoms with Gasteiger partial charge in [-0.1, -0.05) is 18.8 Å². The third kappa shape index (κ3) is 3.96. The van der Waals surface area contributed by atoms with Crippen molar-refractivity contribution >= 4 is 33.5 Å². The van der Waals surface area contributed by atoms with Crippen LogP contribution in [-0.2, 0) is 0 Å². The summed E-state index contributed by atoms with van der Waals surface area (Å²) in [6, 6.07) is 14.0. The molecule has 0 atom stereocenters. The summed E-state index contributed by atoms with van der Waals surface area (Å²) in [7, 11) is 0. The predicted molar refractivity (Wildman–Crippen MR) is 120 cm³/mol. The molecule has 0 N–H and O–H groups in total. The summed E-state index contributed by atoms with van der Waals surface area (Å²) in [5.74, 6) is 7.15. The van der Waals surface area contributed by atoms with Crippen LogP contribution in [0.1, 0.15) is 24.6 Å². The molecule has 0 spiro atoms. The third-order valence-electron chi connectivity index (χ3n) is 4.37. The van der Waals surface area contributed by atoms with Crippen molar-refractivity contribution in [1.29, 1.82) is 0 Å². The second-order valence-corrected chi connectivity index (χ2v) is 7.55. The first-order valence-electron chi connectivity index (χ1n) is 9.13. The van der Waals surface area contributed by atoms with Crippen molar-refractivity contribution in [2.24, 2.45) is 0 Å². The average molecular weight is 497 g/mol. The summed E-state index contributed by atoms with van der Waals surface area (Å²) in [4.78, 5) is 4.33. The fourth-order valence-electron chi connectivity index (χ4n) is 2.99. The zero-order chi connectivity index (χ0) is 20.4. The highest BCUT2D eigenvalue weighted by Gasteiger charge is 2.15. The molecule has 0 radical (unpaired) electrons. The lowest BCUT2D eigenvalue weighted by atomic mass is 10.1. The first-order chi connectivity index (χ1) is 14.1. The Bertz CT molecular complexity index is 1250. The summed E-state index contributed by atoms with van der Waals surface area (Å²) in [5.41, 5.74) is 3.28. The quantitative estimate of drug-likeness (QED) is 0.257. The van der Waals surface area contributed by atoms with Gasteiger partial charge in [-0.3, -0.25) is 0 Å². The topological polar surface area (TPSA) is 39.9 Å². The Balaban J connectivity index is 1.91. The van der Waals surface area contributed by atoms with Crippen LogP contribution >= 0.6 is 22.6 Å². The number of pyridine rings is 1. The van der Waals surface area contributed by atoms with E-state index in [0.717, 1.165) is 37.8 Å². The molecule has 0 saturated heterocycles. The van der Waals surface area contributed by atoms with Crippen molar-refractivity contribution in [3.63, 3.8) is 0 Å². The van der Waals surface area contributed by atoms with Crippen molar-refractivity contribution in [2.75, 3.05) is 0 Å². The smallest absolute Gasteiger partial charge is 0.232 e. The number of hydrogen-bond acceptors (Lipinski definition) is 3. The summed E-state index contributed by atoms with van der Waals surface area (Å²) < 4.78 is 22.2. The molecule has 2 aromatic carbocycles. The van der Waals surface area contributed by atoms with Crippen LogP contribution in [-0.4, -0.2) is 14.8 Å². The van der Waals surface area contributed by atoms with E-state index in [-0.39, 0.29) is 5.82 Å². The van der Waals surface area contributed by atoms with E-state index in [0.29, 0.717) is 11.6 Å². The zero-order valence-corrected chi connectivity index (χ0v) is 18.1. The lowest BCUT2D eigenvalue weighted by Crippen LogP contribution is -1.98. The number of aryl methyl sites for hydroxylation is 1. The first kappa shape index (κ1) is 19.4.